The molecule has 228 valence electrons. The van der Waals surface area contributed by atoms with Gasteiger partial charge in [-0.05, 0) is 18.6 Å². The van der Waals surface area contributed by atoms with Crippen molar-refractivity contribution in [2.45, 2.75) is 47.0 Å². The van der Waals surface area contributed by atoms with Crippen LogP contribution in [-0.4, -0.2) is 73.6 Å². The third kappa shape index (κ3) is 5.55. The molecule has 0 rings (SSSR count). The summed E-state index contributed by atoms with van der Waals surface area (Å²) in [5.74, 6) is -53.3. The Kier molecular flexibility index (Phi) is 9.44. The molecule has 0 saturated heterocycles. The number of nitrogens with zero attached hydrogens (tertiary/aromatic N) is 2. The third-order valence-electron chi connectivity index (χ3n) is 4.21. The molecule has 0 aromatic carbocycles. The zero-order valence-corrected chi connectivity index (χ0v) is 19.8. The van der Waals surface area contributed by atoms with Crippen LogP contribution in [0.5, 0.6) is 0 Å². The lowest BCUT2D eigenvalue weighted by atomic mass is 9.91. The number of hydrogen-bond acceptors (Lipinski definition) is 5. The Labute approximate surface area is 207 Å². The van der Waals surface area contributed by atoms with Crippen LogP contribution in [0.25, 0.3) is 0 Å². The molecule has 0 aliphatic heterocycles. The van der Waals surface area contributed by atoms with Crippen molar-refractivity contribution in [2.24, 2.45) is 0 Å². The molecule has 0 amide bonds. The minimum atomic E-state index is -8.94. The zero-order chi connectivity index (χ0) is 32.1. The van der Waals surface area contributed by atoms with Crippen LogP contribution in [0.3, 0.4) is 0 Å². The second-order valence-corrected chi connectivity index (χ2v) is 12.6. The van der Waals surface area contributed by atoms with E-state index in [1.807, 2.05) is 0 Å². The van der Waals surface area contributed by atoms with Gasteiger partial charge < -0.3 is 0 Å². The van der Waals surface area contributed by atoms with E-state index >= 15 is 0 Å². The predicted molar refractivity (Wildman–Crippen MR) is 94.3 cm³/mol. The molecule has 0 N–H and O–H groups in total. The molecule has 0 aromatic heterocycles. The number of alkyl halides is 17. The van der Waals surface area contributed by atoms with E-state index in [1.165, 1.54) is 0 Å². The van der Waals surface area contributed by atoms with E-state index in [0.29, 0.717) is 18.6 Å². The topological polar surface area (TPSA) is 90.9 Å². The number of hydrogen-bond donors (Lipinski definition) is 0. The Morgan fingerprint density at radius 1 is 0.641 bits per heavy atom. The molecule has 0 bridgehead atoms. The maximum atomic E-state index is 14.0. The molecular formula is C15H9F17N2O3S2. The first-order chi connectivity index (χ1) is 16.7. The Hall–Kier alpha value is -2.21. The van der Waals surface area contributed by atoms with Gasteiger partial charge in [-0.2, -0.15) is 93.6 Å². The van der Waals surface area contributed by atoms with Gasteiger partial charge in [-0.1, -0.05) is 0 Å². The summed E-state index contributed by atoms with van der Waals surface area (Å²) in [6.45, 7) is 0. The Balaban J connectivity index is 6.87. The molecule has 0 atom stereocenters. The maximum absolute atomic E-state index is 14.0. The van der Waals surface area contributed by atoms with Crippen molar-refractivity contribution in [2.75, 3.05) is 18.3 Å². The molecular weight excluding hydrogens is 643 g/mol. The highest BCUT2D eigenvalue weighted by Crippen LogP contribution is 2.65. The molecule has 0 spiro atoms. The van der Waals surface area contributed by atoms with E-state index < -0.39 is 78.7 Å². The predicted octanol–water partition coefficient (Wildman–Crippen LogP) is 6.25. The van der Waals surface area contributed by atoms with E-state index in [1.54, 1.807) is 0 Å². The van der Waals surface area contributed by atoms with Crippen LogP contribution in [0.2, 0.25) is 0 Å². The van der Waals surface area contributed by atoms with Crippen molar-refractivity contribution in [3.05, 3.63) is 11.6 Å². The van der Waals surface area contributed by atoms with Gasteiger partial charge in [-0.25, -0.2) is 3.63 Å². The number of nitriles is 2. The van der Waals surface area contributed by atoms with Gasteiger partial charge >= 0.3 is 57.1 Å². The van der Waals surface area contributed by atoms with Gasteiger partial charge in [0.05, 0.1) is 0 Å². The largest absolute Gasteiger partial charge is 0.460 e. The highest BCUT2D eigenvalue weighted by molar-refractivity contribution is 8.32. The van der Waals surface area contributed by atoms with Gasteiger partial charge in [0.25, 0.3) is 0 Å². The summed E-state index contributed by atoms with van der Waals surface area (Å²) >= 11 is 0. The Bertz CT molecular complexity index is 1150. The average molecular weight is 652 g/mol. The minimum Gasteiger partial charge on any atom is -0.215 e. The van der Waals surface area contributed by atoms with Crippen molar-refractivity contribution < 1.29 is 86.7 Å². The molecule has 0 heterocycles. The van der Waals surface area contributed by atoms with Gasteiger partial charge in [0.15, 0.2) is 0 Å². The summed E-state index contributed by atoms with van der Waals surface area (Å²) in [7, 11) is -11.6. The van der Waals surface area contributed by atoms with Crippen LogP contribution in [-0.2, 0) is 13.7 Å². The molecule has 24 heteroatoms. The minimum absolute atomic E-state index is 0.424. The van der Waals surface area contributed by atoms with E-state index in [9.17, 15) is 83.1 Å². The highest BCUT2D eigenvalue weighted by atomic mass is 32.3. The first kappa shape index (κ1) is 36.8. The monoisotopic (exact) mass is 652 g/mol. The smallest absolute Gasteiger partial charge is 0.215 e. The maximum Gasteiger partial charge on any atom is 0.460 e. The fraction of sp³-hybridized carbons (Fsp3) is 0.733. The lowest BCUT2D eigenvalue weighted by Crippen LogP contribution is -2.75. The normalized spacial score (nSPS) is 15.8. The molecule has 0 aliphatic carbocycles. The van der Waals surface area contributed by atoms with Gasteiger partial charge in [0.2, 0.25) is 0 Å². The fourth-order valence-electron chi connectivity index (χ4n) is 2.02. The second kappa shape index (κ2) is 10.0. The van der Waals surface area contributed by atoms with Gasteiger partial charge in [-0.15, -0.1) is 10.3 Å². The summed E-state index contributed by atoms with van der Waals surface area (Å²) in [5, 5.41) is 9.17. The fourth-order valence-corrected chi connectivity index (χ4v) is 5.53. The molecule has 0 aromatic rings. The third-order valence-corrected chi connectivity index (χ3v) is 8.25. The summed E-state index contributed by atoms with van der Waals surface area (Å²) in [6, 6.07) is 2.25. The first-order valence-electron chi connectivity index (χ1n) is 8.58. The summed E-state index contributed by atoms with van der Waals surface area (Å²) in [4.78, 5) is 0. The van der Waals surface area contributed by atoms with Crippen molar-refractivity contribution in [3.8, 4) is 12.1 Å². The molecule has 5 nitrogen and oxygen atoms in total. The Morgan fingerprint density at radius 3 is 1.26 bits per heavy atom. The van der Waals surface area contributed by atoms with E-state index in [2.05, 4.69) is 3.63 Å². The van der Waals surface area contributed by atoms with Crippen LogP contribution in [0.1, 0.15) is 0 Å². The summed E-state index contributed by atoms with van der Waals surface area (Å²) in [6.07, 6.45) is -6.63. The van der Waals surface area contributed by atoms with Crippen LogP contribution < -0.4 is 0 Å². The first-order valence-corrected chi connectivity index (χ1v) is 12.5. The Morgan fingerprint density at radius 2 is 0.949 bits per heavy atom. The molecule has 0 radical (unpaired) electrons. The highest BCUT2D eigenvalue weighted by Gasteiger charge is 2.96. The van der Waals surface area contributed by atoms with Gasteiger partial charge in [0.1, 0.15) is 17.7 Å². The van der Waals surface area contributed by atoms with E-state index in [0.717, 1.165) is 12.1 Å². The van der Waals surface area contributed by atoms with Crippen LogP contribution in [0.15, 0.2) is 11.6 Å². The number of halogens is 17. The molecule has 0 saturated carbocycles. The number of allylic oxidation sites excluding steroid dienone is 1. The van der Waals surface area contributed by atoms with Crippen LogP contribution in [0, 0.1) is 22.7 Å². The van der Waals surface area contributed by atoms with Crippen LogP contribution >= 0.6 is 10.3 Å². The van der Waals surface area contributed by atoms with Crippen LogP contribution in [0.4, 0.5) is 74.6 Å². The van der Waals surface area contributed by atoms with Crippen molar-refractivity contribution >= 4 is 20.4 Å². The lowest BCUT2D eigenvalue weighted by Gasteiger charge is -2.42. The molecule has 39 heavy (non-hydrogen) atoms. The molecule has 0 fully saturated rings. The van der Waals surface area contributed by atoms with Gasteiger partial charge in [-0.3, -0.25) is 0 Å². The average Bonchev–Trinajstić information content (AvgIpc) is 2.71. The molecule has 0 unspecified atom stereocenters. The quantitative estimate of drug-likeness (QED) is 0.195. The summed E-state index contributed by atoms with van der Waals surface area (Å²) in [5.41, 5.74) is -0.890. The summed E-state index contributed by atoms with van der Waals surface area (Å²) < 4.78 is 253. The number of rotatable bonds is 11. The standard InChI is InChI=1S/C15H9F17N2O3S2/c1-38(2,4-3-7(5-33)6-34)37-39(35,36)15(31,32)13(26,27)11(22,23)9(18,19)8(16,17)10(20,21)12(24,25)14(28,29)30/h3H,4H2,1-2H3. The lowest BCUT2D eigenvalue weighted by molar-refractivity contribution is -0.458. The van der Waals surface area contributed by atoms with Crippen molar-refractivity contribution in [3.63, 3.8) is 0 Å². The van der Waals surface area contributed by atoms with Crippen molar-refractivity contribution in [1.29, 1.82) is 10.5 Å². The van der Waals surface area contributed by atoms with Crippen molar-refractivity contribution in [1.82, 2.24) is 0 Å². The zero-order valence-electron chi connectivity index (χ0n) is 18.1. The van der Waals surface area contributed by atoms with E-state index in [4.69, 9.17) is 10.5 Å². The van der Waals surface area contributed by atoms with Gasteiger partial charge in [0, 0.05) is 5.75 Å². The molecule has 0 aliphatic rings. The van der Waals surface area contributed by atoms with E-state index in [-0.39, 0.29) is 0 Å². The SMILES string of the molecule is CS(C)(CC=C(C#N)C#N)OS(=O)(=O)C(F)(F)C(F)(F)C(F)(F)C(F)(F)C(F)(F)C(F)(F)C(F)(F)C(F)(F)F. The second-order valence-electron chi connectivity index (χ2n) is 7.43.